The maximum atomic E-state index is 14.2. The predicted molar refractivity (Wildman–Crippen MR) is 83.6 cm³/mol. The molecule has 1 N–H and O–H groups in total. The number of aliphatic hydroxyl groups excluding tert-OH is 1. The van der Waals surface area contributed by atoms with Gasteiger partial charge < -0.3 is 5.11 Å². The average molecular weight is 337 g/mol. The fraction of sp³-hybridized carbons (Fsp3) is 0.294. The molecule has 1 atom stereocenters. The van der Waals surface area contributed by atoms with Gasteiger partial charge in [0, 0.05) is 5.56 Å². The first-order valence-electron chi connectivity index (χ1n) is 6.53. The molecular formula is C17H18BrFO. The molecular weight excluding hydrogens is 319 g/mol. The molecule has 0 saturated carbocycles. The first-order chi connectivity index (χ1) is 9.34. The van der Waals surface area contributed by atoms with Crippen molar-refractivity contribution in [1.82, 2.24) is 0 Å². The first kappa shape index (κ1) is 15.2. The minimum Gasteiger partial charge on any atom is -0.384 e. The summed E-state index contributed by atoms with van der Waals surface area (Å²) in [7, 11) is 0. The maximum Gasteiger partial charge on any atom is 0.143 e. The standard InChI is InChI=1S/C17H18BrFO/c1-9-8-10(2)12(4)15(11(9)3)17(20)13-6-5-7-14(18)16(13)19/h5-8,17,20H,1-4H3. The minimum atomic E-state index is -0.953. The predicted octanol–water partition coefficient (Wildman–Crippen LogP) is 4.90. The molecule has 0 heterocycles. The molecule has 2 aromatic rings. The summed E-state index contributed by atoms with van der Waals surface area (Å²) in [5.41, 5.74) is 5.35. The van der Waals surface area contributed by atoms with Gasteiger partial charge in [0.05, 0.1) is 4.47 Å². The Bertz CT molecular complexity index is 638. The lowest BCUT2D eigenvalue weighted by Gasteiger charge is -2.21. The summed E-state index contributed by atoms with van der Waals surface area (Å²) in [5, 5.41) is 10.6. The van der Waals surface area contributed by atoms with Crippen LogP contribution in [0.5, 0.6) is 0 Å². The van der Waals surface area contributed by atoms with Crippen molar-refractivity contribution in [3.63, 3.8) is 0 Å². The van der Waals surface area contributed by atoms with E-state index in [1.165, 1.54) is 0 Å². The molecule has 0 aliphatic carbocycles. The Kier molecular flexibility index (Phi) is 4.31. The fourth-order valence-electron chi connectivity index (χ4n) is 2.54. The number of aryl methyl sites for hydroxylation is 2. The molecule has 2 rings (SSSR count). The Hall–Kier alpha value is -1.19. The third-order valence-electron chi connectivity index (χ3n) is 3.97. The second-order valence-corrected chi connectivity index (χ2v) is 6.07. The Morgan fingerprint density at radius 2 is 1.60 bits per heavy atom. The molecule has 0 fully saturated rings. The molecule has 3 heteroatoms. The van der Waals surface area contributed by atoms with Gasteiger partial charge in [-0.1, -0.05) is 18.2 Å². The lowest BCUT2D eigenvalue weighted by Crippen LogP contribution is -2.09. The van der Waals surface area contributed by atoms with Gasteiger partial charge in [0.2, 0.25) is 0 Å². The number of hydrogen-bond donors (Lipinski definition) is 1. The summed E-state index contributed by atoms with van der Waals surface area (Å²) in [6, 6.07) is 7.09. The fourth-order valence-corrected chi connectivity index (χ4v) is 2.93. The Morgan fingerprint density at radius 3 is 2.15 bits per heavy atom. The largest absolute Gasteiger partial charge is 0.384 e. The second-order valence-electron chi connectivity index (χ2n) is 5.22. The van der Waals surface area contributed by atoms with Gasteiger partial charge in [-0.05, 0) is 77.5 Å². The molecule has 106 valence electrons. The zero-order valence-corrected chi connectivity index (χ0v) is 13.7. The van der Waals surface area contributed by atoms with Crippen LogP contribution in [0.25, 0.3) is 0 Å². The van der Waals surface area contributed by atoms with Crippen LogP contribution in [0, 0.1) is 33.5 Å². The number of benzene rings is 2. The highest BCUT2D eigenvalue weighted by molar-refractivity contribution is 9.10. The molecule has 1 unspecified atom stereocenters. The molecule has 0 bridgehead atoms. The highest BCUT2D eigenvalue weighted by atomic mass is 79.9. The molecule has 0 aromatic heterocycles. The van der Waals surface area contributed by atoms with Crippen molar-refractivity contribution in [1.29, 1.82) is 0 Å². The van der Waals surface area contributed by atoms with Crippen molar-refractivity contribution < 1.29 is 9.50 Å². The van der Waals surface area contributed by atoms with Crippen LogP contribution in [0.2, 0.25) is 0 Å². The summed E-state index contributed by atoms with van der Waals surface area (Å²) in [5.74, 6) is -0.405. The molecule has 0 radical (unpaired) electrons. The molecule has 0 amide bonds. The van der Waals surface area contributed by atoms with Crippen LogP contribution < -0.4 is 0 Å². The highest BCUT2D eigenvalue weighted by Crippen LogP contribution is 2.34. The smallest absolute Gasteiger partial charge is 0.143 e. The quantitative estimate of drug-likeness (QED) is 0.826. The van der Waals surface area contributed by atoms with Gasteiger partial charge in [0.25, 0.3) is 0 Å². The lowest BCUT2D eigenvalue weighted by atomic mass is 9.88. The van der Waals surface area contributed by atoms with E-state index in [0.29, 0.717) is 10.0 Å². The van der Waals surface area contributed by atoms with E-state index in [1.807, 2.05) is 27.7 Å². The number of rotatable bonds is 2. The van der Waals surface area contributed by atoms with Crippen molar-refractivity contribution >= 4 is 15.9 Å². The molecule has 0 spiro atoms. The van der Waals surface area contributed by atoms with Gasteiger partial charge in [-0.3, -0.25) is 0 Å². The number of halogens is 2. The monoisotopic (exact) mass is 336 g/mol. The topological polar surface area (TPSA) is 20.2 Å². The first-order valence-corrected chi connectivity index (χ1v) is 7.33. The molecule has 0 aliphatic rings. The van der Waals surface area contributed by atoms with E-state index in [2.05, 4.69) is 22.0 Å². The van der Waals surface area contributed by atoms with E-state index >= 15 is 0 Å². The van der Waals surface area contributed by atoms with E-state index in [9.17, 15) is 9.50 Å². The van der Waals surface area contributed by atoms with Crippen LogP contribution in [0.15, 0.2) is 28.7 Å². The number of hydrogen-bond acceptors (Lipinski definition) is 1. The van der Waals surface area contributed by atoms with E-state index in [-0.39, 0.29) is 0 Å². The van der Waals surface area contributed by atoms with Gasteiger partial charge in [0.1, 0.15) is 11.9 Å². The van der Waals surface area contributed by atoms with Crippen LogP contribution in [-0.4, -0.2) is 5.11 Å². The molecule has 0 aliphatic heterocycles. The van der Waals surface area contributed by atoms with Crippen LogP contribution in [-0.2, 0) is 0 Å². The minimum absolute atomic E-state index is 0.301. The maximum absolute atomic E-state index is 14.2. The third-order valence-corrected chi connectivity index (χ3v) is 4.59. The summed E-state index contributed by atoms with van der Waals surface area (Å²) < 4.78 is 14.6. The summed E-state index contributed by atoms with van der Waals surface area (Å²) in [4.78, 5) is 0. The third kappa shape index (κ3) is 2.52. The van der Waals surface area contributed by atoms with Crippen molar-refractivity contribution in [3.05, 3.63) is 67.9 Å². The van der Waals surface area contributed by atoms with Gasteiger partial charge in [-0.15, -0.1) is 0 Å². The van der Waals surface area contributed by atoms with Crippen LogP contribution in [0.3, 0.4) is 0 Å². The van der Waals surface area contributed by atoms with E-state index in [1.54, 1.807) is 18.2 Å². The van der Waals surface area contributed by atoms with Crippen molar-refractivity contribution in [2.45, 2.75) is 33.8 Å². The molecule has 1 nitrogen and oxygen atoms in total. The zero-order valence-electron chi connectivity index (χ0n) is 12.1. The van der Waals surface area contributed by atoms with E-state index in [0.717, 1.165) is 27.8 Å². The normalized spacial score (nSPS) is 12.6. The van der Waals surface area contributed by atoms with Gasteiger partial charge in [0.15, 0.2) is 0 Å². The zero-order chi connectivity index (χ0) is 15.0. The SMILES string of the molecule is Cc1cc(C)c(C)c(C(O)c2cccc(Br)c2F)c1C. The average Bonchev–Trinajstić information content (AvgIpc) is 2.40. The van der Waals surface area contributed by atoms with Crippen molar-refractivity contribution in [2.75, 3.05) is 0 Å². The van der Waals surface area contributed by atoms with Crippen molar-refractivity contribution in [3.8, 4) is 0 Å². The second kappa shape index (κ2) is 5.66. The van der Waals surface area contributed by atoms with Gasteiger partial charge in [-0.2, -0.15) is 0 Å². The van der Waals surface area contributed by atoms with Gasteiger partial charge in [-0.25, -0.2) is 4.39 Å². The summed E-state index contributed by atoms with van der Waals surface area (Å²) >= 11 is 3.17. The lowest BCUT2D eigenvalue weighted by molar-refractivity contribution is 0.213. The molecule has 2 aromatic carbocycles. The van der Waals surface area contributed by atoms with Crippen LogP contribution >= 0.6 is 15.9 Å². The molecule has 20 heavy (non-hydrogen) atoms. The Balaban J connectivity index is 2.65. The van der Waals surface area contributed by atoms with Crippen LogP contribution in [0.1, 0.15) is 39.5 Å². The summed E-state index contributed by atoms with van der Waals surface area (Å²) in [6.07, 6.45) is -0.953. The van der Waals surface area contributed by atoms with Crippen LogP contribution in [0.4, 0.5) is 4.39 Å². The molecule has 0 saturated heterocycles. The Morgan fingerprint density at radius 1 is 1.05 bits per heavy atom. The van der Waals surface area contributed by atoms with Gasteiger partial charge >= 0.3 is 0 Å². The number of aliphatic hydroxyl groups is 1. The Labute approximate surface area is 127 Å². The summed E-state index contributed by atoms with van der Waals surface area (Å²) in [6.45, 7) is 7.96. The van der Waals surface area contributed by atoms with E-state index < -0.39 is 11.9 Å². The van der Waals surface area contributed by atoms with E-state index in [4.69, 9.17) is 0 Å². The highest BCUT2D eigenvalue weighted by Gasteiger charge is 2.21. The van der Waals surface area contributed by atoms with Crippen molar-refractivity contribution in [2.24, 2.45) is 0 Å².